The summed E-state index contributed by atoms with van der Waals surface area (Å²) in [5.74, 6) is 0.438. The molecule has 3 aromatic rings. The molecule has 0 spiro atoms. The summed E-state index contributed by atoms with van der Waals surface area (Å²) in [6.45, 7) is 4.87. The van der Waals surface area contributed by atoms with Crippen LogP contribution in [0.5, 0.6) is 5.75 Å². The molecule has 0 bridgehead atoms. The molecule has 0 aliphatic heterocycles. The van der Waals surface area contributed by atoms with E-state index in [0.717, 1.165) is 17.7 Å². The van der Waals surface area contributed by atoms with E-state index in [1.54, 1.807) is 12.1 Å². The third kappa shape index (κ3) is 8.14. The van der Waals surface area contributed by atoms with Crippen molar-refractivity contribution in [3.63, 3.8) is 0 Å². The molecule has 0 fully saturated rings. The Morgan fingerprint density at radius 3 is 1.81 bits per heavy atom. The zero-order chi connectivity index (χ0) is 32.3. The highest BCUT2D eigenvalue weighted by Crippen LogP contribution is 2.40. The first-order chi connectivity index (χ1) is 19.9. The summed E-state index contributed by atoms with van der Waals surface area (Å²) in [4.78, 5) is 2.59. The molecule has 2 atom stereocenters. The van der Waals surface area contributed by atoms with Crippen molar-refractivity contribution >= 4 is 0 Å². The van der Waals surface area contributed by atoms with E-state index in [-0.39, 0.29) is 24.1 Å². The first-order valence-electron chi connectivity index (χ1n) is 12.8. The third-order valence-corrected chi connectivity index (χ3v) is 6.83. The van der Waals surface area contributed by atoms with Crippen molar-refractivity contribution in [2.45, 2.75) is 63.8 Å². The van der Waals surface area contributed by atoms with Crippen molar-refractivity contribution in [1.29, 1.82) is 0 Å². The van der Waals surface area contributed by atoms with E-state index in [2.05, 4.69) is 15.3 Å². The molecule has 5 nitrogen and oxygen atoms in total. The van der Waals surface area contributed by atoms with Crippen LogP contribution in [0.4, 0.5) is 39.5 Å². The number of azide groups is 1. The second-order valence-corrected chi connectivity index (χ2v) is 10.1. The van der Waals surface area contributed by atoms with Crippen molar-refractivity contribution in [3.8, 4) is 16.9 Å². The summed E-state index contributed by atoms with van der Waals surface area (Å²) in [6, 6.07) is 6.45. The van der Waals surface area contributed by atoms with Crippen LogP contribution in [-0.2, 0) is 25.1 Å². The lowest BCUT2D eigenvalue weighted by atomic mass is 9.92. The van der Waals surface area contributed by atoms with Gasteiger partial charge in [-0.3, -0.25) is 0 Å². The molecule has 0 aliphatic carbocycles. The maximum Gasteiger partial charge on any atom is 0.416 e. The number of nitrogens with one attached hydrogen (secondary N) is 1. The summed E-state index contributed by atoms with van der Waals surface area (Å²) in [6.07, 6.45) is -15.0. The Kier molecular flexibility index (Phi) is 9.97. The van der Waals surface area contributed by atoms with Gasteiger partial charge in [0.05, 0.1) is 29.8 Å². The minimum Gasteiger partial charge on any atom is -0.496 e. The molecule has 232 valence electrons. The lowest BCUT2D eigenvalue weighted by molar-refractivity contribution is -0.143. The predicted molar refractivity (Wildman–Crippen MR) is 142 cm³/mol. The first kappa shape index (κ1) is 33.6. The van der Waals surface area contributed by atoms with E-state index in [0.29, 0.717) is 29.0 Å². The minimum absolute atomic E-state index is 0.0533. The van der Waals surface area contributed by atoms with Crippen LogP contribution in [0.3, 0.4) is 0 Å². The monoisotopic (exact) mass is 618 g/mol. The van der Waals surface area contributed by atoms with Gasteiger partial charge in [-0.05, 0) is 83.1 Å². The minimum atomic E-state index is -5.13. The van der Waals surface area contributed by atoms with Crippen molar-refractivity contribution in [3.05, 3.63) is 98.4 Å². The normalized spacial score (nSPS) is 13.9. The molecule has 14 heteroatoms. The summed E-state index contributed by atoms with van der Waals surface area (Å²) in [5.41, 5.74) is 6.16. The zero-order valence-corrected chi connectivity index (χ0v) is 23.3. The van der Waals surface area contributed by atoms with Gasteiger partial charge >= 0.3 is 18.5 Å². The van der Waals surface area contributed by atoms with Crippen LogP contribution in [0.1, 0.15) is 66.1 Å². The maximum atomic E-state index is 13.7. The van der Waals surface area contributed by atoms with Crippen LogP contribution in [0.15, 0.2) is 59.7 Å². The van der Waals surface area contributed by atoms with Gasteiger partial charge in [-0.15, -0.1) is 0 Å². The second-order valence-electron chi connectivity index (χ2n) is 10.1. The van der Waals surface area contributed by atoms with Gasteiger partial charge in [0, 0.05) is 23.1 Å². The van der Waals surface area contributed by atoms with Crippen LogP contribution in [0.25, 0.3) is 21.6 Å². The highest BCUT2D eigenvalue weighted by molar-refractivity contribution is 5.74. The highest BCUT2D eigenvalue weighted by Gasteiger charge is 2.38. The quantitative estimate of drug-likeness (QED) is 0.112. The van der Waals surface area contributed by atoms with Crippen LogP contribution in [-0.4, -0.2) is 13.2 Å². The van der Waals surface area contributed by atoms with Crippen LogP contribution >= 0.6 is 0 Å². The fourth-order valence-electron chi connectivity index (χ4n) is 4.52. The van der Waals surface area contributed by atoms with E-state index in [1.165, 1.54) is 20.1 Å². The number of rotatable bonds is 9. The van der Waals surface area contributed by atoms with Crippen LogP contribution in [0, 0.1) is 0 Å². The van der Waals surface area contributed by atoms with Crippen molar-refractivity contribution < 1.29 is 44.3 Å². The molecule has 3 aromatic carbocycles. The number of benzene rings is 3. The van der Waals surface area contributed by atoms with Gasteiger partial charge in [-0.2, -0.15) is 39.5 Å². The molecule has 43 heavy (non-hydrogen) atoms. The molecule has 0 amide bonds. The zero-order valence-electron chi connectivity index (χ0n) is 23.3. The van der Waals surface area contributed by atoms with Crippen LogP contribution < -0.4 is 10.1 Å². The SMILES string of the molecule is COc1ccc(C(C)C)cc1-c1ccc(C(F)(F)F)cc1CN[C@@H](C)C(N=[N+]=[N-])c1cc(C(F)(F)F)cc(C(F)(F)F)c1. The predicted octanol–water partition coefficient (Wildman–Crippen LogP) is 10.1. The van der Waals surface area contributed by atoms with E-state index in [1.807, 2.05) is 19.9 Å². The third-order valence-electron chi connectivity index (χ3n) is 6.83. The fraction of sp³-hybridized carbons (Fsp3) is 0.379. The second kappa shape index (κ2) is 12.8. The smallest absolute Gasteiger partial charge is 0.416 e. The number of nitrogens with zero attached hydrogens (tertiary/aromatic N) is 3. The molecule has 0 aromatic heterocycles. The average Bonchev–Trinajstić information content (AvgIpc) is 2.92. The number of hydrogen-bond donors (Lipinski definition) is 1. The molecule has 0 saturated carbocycles. The van der Waals surface area contributed by atoms with Gasteiger partial charge in [-0.1, -0.05) is 31.1 Å². The van der Waals surface area contributed by atoms with Crippen molar-refractivity contribution in [2.75, 3.05) is 7.11 Å². The molecular formula is C29H27F9N4O. The van der Waals surface area contributed by atoms with Gasteiger partial charge in [0.2, 0.25) is 0 Å². The van der Waals surface area contributed by atoms with Crippen LogP contribution in [0.2, 0.25) is 0 Å². The van der Waals surface area contributed by atoms with Crippen molar-refractivity contribution in [1.82, 2.24) is 5.32 Å². The molecule has 3 rings (SSSR count). The average molecular weight is 619 g/mol. The van der Waals surface area contributed by atoms with Gasteiger partial charge in [0.1, 0.15) is 5.75 Å². The van der Waals surface area contributed by atoms with Gasteiger partial charge < -0.3 is 10.1 Å². The summed E-state index contributed by atoms with van der Waals surface area (Å²) < 4.78 is 127. The lowest BCUT2D eigenvalue weighted by Gasteiger charge is -2.25. The summed E-state index contributed by atoms with van der Waals surface area (Å²) >= 11 is 0. The fourth-order valence-corrected chi connectivity index (χ4v) is 4.52. The lowest BCUT2D eigenvalue weighted by Crippen LogP contribution is -2.31. The number of halogens is 9. The molecular weight excluding hydrogens is 591 g/mol. The Morgan fingerprint density at radius 1 is 0.744 bits per heavy atom. The Bertz CT molecular complexity index is 1460. The number of alkyl halides is 9. The number of methoxy groups -OCH3 is 1. The first-order valence-corrected chi connectivity index (χ1v) is 12.8. The number of ether oxygens (including phenoxy) is 1. The maximum absolute atomic E-state index is 13.7. The largest absolute Gasteiger partial charge is 0.496 e. The Hall–Kier alpha value is -3.90. The Balaban J connectivity index is 2.09. The Labute approximate surface area is 241 Å². The standard InChI is InChI=1S/C29H27F9N4O/c1-15(2)17-5-8-25(43-4)24(12-17)23-7-6-20(27(30,31)32)11-19(23)14-40-16(3)26(41-42-39)18-9-21(28(33,34)35)13-22(10-18)29(36,37)38/h5-13,15-16,26,40H,14H2,1-4H3/t16-,26?/m0/s1. The molecule has 0 heterocycles. The molecule has 1 unspecified atom stereocenters. The van der Waals surface area contributed by atoms with Crippen molar-refractivity contribution in [2.24, 2.45) is 5.11 Å². The summed E-state index contributed by atoms with van der Waals surface area (Å²) in [7, 11) is 1.40. The molecule has 0 radical (unpaired) electrons. The summed E-state index contributed by atoms with van der Waals surface area (Å²) in [5, 5.41) is 6.26. The molecule has 1 N–H and O–H groups in total. The van der Waals surface area contributed by atoms with E-state index < -0.39 is 52.9 Å². The number of hydrogen-bond acceptors (Lipinski definition) is 3. The van der Waals surface area contributed by atoms with Gasteiger partial charge in [0.15, 0.2) is 0 Å². The molecule has 0 aliphatic rings. The highest BCUT2D eigenvalue weighted by atomic mass is 19.4. The van der Waals surface area contributed by atoms with E-state index in [4.69, 9.17) is 10.3 Å². The van der Waals surface area contributed by atoms with Gasteiger partial charge in [-0.25, -0.2) is 0 Å². The Morgan fingerprint density at radius 2 is 1.33 bits per heavy atom. The van der Waals surface area contributed by atoms with E-state index in [9.17, 15) is 39.5 Å². The van der Waals surface area contributed by atoms with Gasteiger partial charge in [0.25, 0.3) is 0 Å². The topological polar surface area (TPSA) is 70.0 Å². The van der Waals surface area contributed by atoms with E-state index >= 15 is 0 Å². The molecule has 0 saturated heterocycles.